The summed E-state index contributed by atoms with van der Waals surface area (Å²) in [5.41, 5.74) is 2.00. The SMILES string of the molecule is COc1ccc(C(=O)OCC(=O)c2ccccc2)cc1S(=O)(=O)N1CCCc2ccccc21. The first-order chi connectivity index (χ1) is 15.9. The van der Waals surface area contributed by atoms with E-state index in [4.69, 9.17) is 9.47 Å². The highest BCUT2D eigenvalue weighted by atomic mass is 32.2. The molecule has 170 valence electrons. The summed E-state index contributed by atoms with van der Waals surface area (Å²) in [4.78, 5) is 24.7. The van der Waals surface area contributed by atoms with Crippen molar-refractivity contribution in [2.45, 2.75) is 17.7 Å². The first-order valence-corrected chi connectivity index (χ1v) is 11.9. The van der Waals surface area contributed by atoms with Crippen molar-refractivity contribution in [2.24, 2.45) is 0 Å². The maximum Gasteiger partial charge on any atom is 0.338 e. The van der Waals surface area contributed by atoms with E-state index in [2.05, 4.69) is 0 Å². The van der Waals surface area contributed by atoms with E-state index in [0.717, 1.165) is 12.0 Å². The Hall–Kier alpha value is -3.65. The standard InChI is InChI=1S/C25H23NO6S/c1-31-23-14-13-20(25(28)32-17-22(27)19-9-3-2-4-10-19)16-24(23)33(29,30)26-15-7-11-18-8-5-6-12-21(18)26/h2-6,8-10,12-14,16H,7,11,15,17H2,1H3. The Balaban J connectivity index is 1.61. The van der Waals surface area contributed by atoms with Crippen LogP contribution in [0.3, 0.4) is 0 Å². The molecule has 0 spiro atoms. The van der Waals surface area contributed by atoms with Crippen LogP contribution in [0.15, 0.2) is 77.7 Å². The number of ether oxygens (including phenoxy) is 2. The van der Waals surface area contributed by atoms with Gasteiger partial charge in [0.2, 0.25) is 0 Å². The molecule has 7 nitrogen and oxygen atoms in total. The normalized spacial score (nSPS) is 13.2. The minimum atomic E-state index is -4.01. The molecule has 33 heavy (non-hydrogen) atoms. The van der Waals surface area contributed by atoms with Crippen LogP contribution in [0.25, 0.3) is 0 Å². The Kier molecular flexibility index (Phi) is 6.46. The highest BCUT2D eigenvalue weighted by Gasteiger charge is 2.32. The zero-order chi connectivity index (χ0) is 23.4. The molecule has 0 bridgehead atoms. The smallest absolute Gasteiger partial charge is 0.338 e. The molecule has 0 saturated carbocycles. The van der Waals surface area contributed by atoms with E-state index in [1.165, 1.54) is 29.6 Å². The van der Waals surface area contributed by atoms with Crippen LogP contribution in [0.4, 0.5) is 5.69 Å². The summed E-state index contributed by atoms with van der Waals surface area (Å²) in [5.74, 6) is -1.03. The van der Waals surface area contributed by atoms with Gasteiger partial charge in [-0.05, 0) is 42.7 Å². The monoisotopic (exact) mass is 465 g/mol. The number of methoxy groups -OCH3 is 1. The topological polar surface area (TPSA) is 90.0 Å². The largest absolute Gasteiger partial charge is 0.495 e. The van der Waals surface area contributed by atoms with Crippen LogP contribution in [0.1, 0.15) is 32.7 Å². The van der Waals surface area contributed by atoms with Crippen molar-refractivity contribution in [2.75, 3.05) is 24.6 Å². The Morgan fingerprint density at radius 3 is 2.42 bits per heavy atom. The number of rotatable bonds is 7. The Labute approximate surface area is 192 Å². The molecule has 0 aromatic heterocycles. The number of sulfonamides is 1. The van der Waals surface area contributed by atoms with E-state index >= 15 is 0 Å². The number of nitrogens with zero attached hydrogens (tertiary/aromatic N) is 1. The number of aryl methyl sites for hydroxylation is 1. The first-order valence-electron chi connectivity index (χ1n) is 10.5. The summed E-state index contributed by atoms with van der Waals surface area (Å²) in [6.07, 6.45) is 1.48. The van der Waals surface area contributed by atoms with Crippen molar-refractivity contribution in [3.63, 3.8) is 0 Å². The maximum atomic E-state index is 13.6. The summed E-state index contributed by atoms with van der Waals surface area (Å²) in [7, 11) is -2.64. The van der Waals surface area contributed by atoms with E-state index in [0.29, 0.717) is 24.2 Å². The van der Waals surface area contributed by atoms with Gasteiger partial charge in [-0.15, -0.1) is 0 Å². The van der Waals surface area contributed by atoms with Gasteiger partial charge in [0.15, 0.2) is 12.4 Å². The van der Waals surface area contributed by atoms with Gasteiger partial charge in [-0.3, -0.25) is 9.10 Å². The molecule has 0 N–H and O–H groups in total. The van der Waals surface area contributed by atoms with Gasteiger partial charge >= 0.3 is 5.97 Å². The van der Waals surface area contributed by atoms with Crippen molar-refractivity contribution < 1.29 is 27.5 Å². The van der Waals surface area contributed by atoms with Gasteiger partial charge in [0, 0.05) is 12.1 Å². The van der Waals surface area contributed by atoms with Gasteiger partial charge in [0.1, 0.15) is 10.6 Å². The van der Waals surface area contributed by atoms with E-state index in [-0.39, 0.29) is 22.0 Å². The molecule has 0 saturated heterocycles. The Bertz CT molecular complexity index is 1290. The van der Waals surface area contributed by atoms with Crippen molar-refractivity contribution in [1.82, 2.24) is 0 Å². The van der Waals surface area contributed by atoms with E-state index in [1.54, 1.807) is 42.5 Å². The lowest BCUT2D eigenvalue weighted by atomic mass is 10.0. The molecule has 8 heteroatoms. The highest BCUT2D eigenvalue weighted by Crippen LogP contribution is 2.35. The number of carbonyl (C=O) groups excluding carboxylic acids is 2. The third-order valence-corrected chi connectivity index (χ3v) is 7.30. The molecule has 1 aliphatic heterocycles. The van der Waals surface area contributed by atoms with Gasteiger partial charge < -0.3 is 9.47 Å². The number of fused-ring (bicyclic) bond motifs is 1. The van der Waals surface area contributed by atoms with E-state index in [9.17, 15) is 18.0 Å². The minimum Gasteiger partial charge on any atom is -0.495 e. The average Bonchev–Trinajstić information content (AvgIpc) is 2.86. The fraction of sp³-hybridized carbons (Fsp3) is 0.200. The molecule has 3 aromatic rings. The van der Waals surface area contributed by atoms with Gasteiger partial charge in [0.05, 0.1) is 18.4 Å². The summed E-state index contributed by atoms with van der Waals surface area (Å²) in [5, 5.41) is 0. The molecule has 0 unspecified atom stereocenters. The predicted molar refractivity (Wildman–Crippen MR) is 123 cm³/mol. The van der Waals surface area contributed by atoms with Crippen LogP contribution < -0.4 is 9.04 Å². The second kappa shape index (κ2) is 9.46. The Morgan fingerprint density at radius 2 is 1.67 bits per heavy atom. The first kappa shape index (κ1) is 22.5. The number of hydrogen-bond acceptors (Lipinski definition) is 6. The van der Waals surface area contributed by atoms with Gasteiger partial charge in [-0.2, -0.15) is 0 Å². The van der Waals surface area contributed by atoms with Gasteiger partial charge in [-0.25, -0.2) is 13.2 Å². The molecule has 0 aliphatic carbocycles. The lowest BCUT2D eigenvalue weighted by Gasteiger charge is -2.30. The number of anilines is 1. The molecule has 3 aromatic carbocycles. The zero-order valence-corrected chi connectivity index (χ0v) is 18.9. The van der Waals surface area contributed by atoms with Crippen LogP contribution in [0.2, 0.25) is 0 Å². The van der Waals surface area contributed by atoms with Crippen molar-refractivity contribution >= 4 is 27.5 Å². The lowest BCUT2D eigenvalue weighted by molar-refractivity contribution is 0.0474. The number of benzene rings is 3. The summed E-state index contributed by atoms with van der Waals surface area (Å²) >= 11 is 0. The quantitative estimate of drug-likeness (QED) is 0.389. The van der Waals surface area contributed by atoms with Crippen LogP contribution >= 0.6 is 0 Å². The van der Waals surface area contributed by atoms with Crippen molar-refractivity contribution in [3.05, 3.63) is 89.5 Å². The van der Waals surface area contributed by atoms with Crippen LogP contribution in [0, 0.1) is 0 Å². The zero-order valence-electron chi connectivity index (χ0n) is 18.1. The molecule has 0 atom stereocenters. The molecule has 1 heterocycles. The summed E-state index contributed by atoms with van der Waals surface area (Å²) < 4.78 is 39.0. The molecular formula is C25H23NO6S. The molecule has 0 fully saturated rings. The number of ketones is 1. The highest BCUT2D eigenvalue weighted by molar-refractivity contribution is 7.93. The molecular weight excluding hydrogens is 442 g/mol. The van der Waals surface area contributed by atoms with Crippen molar-refractivity contribution in [3.8, 4) is 5.75 Å². The predicted octanol–water partition coefficient (Wildman–Crippen LogP) is 3.88. The third kappa shape index (κ3) is 4.61. The number of Topliss-reactive ketones (excluding diaryl/α,β-unsaturated/α-hetero) is 1. The number of hydrogen-bond donors (Lipinski definition) is 0. The second-order valence-corrected chi connectivity index (χ2v) is 9.37. The average molecular weight is 466 g/mol. The number of carbonyl (C=O) groups is 2. The number of para-hydroxylation sites is 1. The summed E-state index contributed by atoms with van der Waals surface area (Å²) in [6.45, 7) is -0.126. The summed E-state index contributed by atoms with van der Waals surface area (Å²) in [6, 6.07) is 19.9. The van der Waals surface area contributed by atoms with Crippen LogP contribution in [-0.2, 0) is 21.2 Å². The molecule has 0 amide bonds. The lowest BCUT2D eigenvalue weighted by Crippen LogP contribution is -2.35. The number of esters is 1. The van der Waals surface area contributed by atoms with Crippen LogP contribution in [-0.4, -0.2) is 40.4 Å². The second-order valence-electron chi connectivity index (χ2n) is 7.54. The maximum absolute atomic E-state index is 13.6. The molecule has 1 aliphatic rings. The fourth-order valence-corrected chi connectivity index (χ4v) is 5.52. The van der Waals surface area contributed by atoms with Crippen molar-refractivity contribution in [1.29, 1.82) is 0 Å². The Morgan fingerprint density at radius 1 is 0.939 bits per heavy atom. The van der Waals surface area contributed by atoms with Gasteiger partial charge in [0.25, 0.3) is 10.0 Å². The minimum absolute atomic E-state index is 0.0144. The molecule has 4 rings (SSSR count). The van der Waals surface area contributed by atoms with Crippen LogP contribution in [0.5, 0.6) is 5.75 Å². The van der Waals surface area contributed by atoms with E-state index in [1.807, 2.05) is 12.1 Å². The van der Waals surface area contributed by atoms with E-state index < -0.39 is 22.6 Å². The third-order valence-electron chi connectivity index (χ3n) is 5.47. The fourth-order valence-electron chi connectivity index (χ4n) is 3.79. The van der Waals surface area contributed by atoms with Gasteiger partial charge in [-0.1, -0.05) is 48.5 Å². The molecule has 0 radical (unpaired) electrons.